The number of pyridine rings is 1. The van der Waals surface area contributed by atoms with Gasteiger partial charge < -0.3 is 23.7 Å². The monoisotopic (exact) mass is 519 g/mol. The summed E-state index contributed by atoms with van der Waals surface area (Å²) in [5.74, 6) is 4.09. The molecule has 0 saturated heterocycles. The molecule has 1 amide bonds. The normalized spacial score (nSPS) is 13.8. The second-order valence-corrected chi connectivity index (χ2v) is 17.3. The minimum atomic E-state index is -1.17. The Bertz CT molecular complexity index is 1330. The fraction of sp³-hybridized carbons (Fsp3) is 0.448. The van der Waals surface area contributed by atoms with Gasteiger partial charge in [-0.25, -0.2) is 9.78 Å². The maximum absolute atomic E-state index is 12.6. The van der Waals surface area contributed by atoms with Crippen LogP contribution in [0.5, 0.6) is 11.5 Å². The Balaban J connectivity index is 1.54. The zero-order valence-corrected chi connectivity index (χ0v) is 23.8. The van der Waals surface area contributed by atoms with E-state index < -0.39 is 13.7 Å². The second kappa shape index (κ2) is 10.6. The number of carbonyl (C=O) groups is 1. The molecule has 37 heavy (non-hydrogen) atoms. The lowest BCUT2D eigenvalue weighted by molar-refractivity contribution is 0.0224. The molecule has 0 atom stereocenters. The molecule has 8 heteroatoms. The molecule has 0 aliphatic carbocycles. The number of nitrogens with zero attached hydrogens (tertiary/aromatic N) is 3. The SMILES string of the molecule is C#Cc1cn(COCC[Si](C)(C)C)c2nccc(Oc3ccc4c(c3)CN(C(=O)OC(C)(C)C)CC4)c12. The summed E-state index contributed by atoms with van der Waals surface area (Å²) in [5.41, 5.74) is 3.16. The van der Waals surface area contributed by atoms with Gasteiger partial charge >= 0.3 is 6.09 Å². The summed E-state index contributed by atoms with van der Waals surface area (Å²) in [4.78, 5) is 18.9. The molecule has 4 rings (SSSR count). The molecule has 3 heterocycles. The molecule has 0 radical (unpaired) electrons. The highest BCUT2D eigenvalue weighted by molar-refractivity contribution is 6.76. The van der Waals surface area contributed by atoms with Crippen LogP contribution in [0.4, 0.5) is 4.79 Å². The molecule has 3 aromatic rings. The summed E-state index contributed by atoms with van der Waals surface area (Å²) in [6.07, 6.45) is 9.94. The van der Waals surface area contributed by atoms with Gasteiger partial charge in [-0.2, -0.15) is 0 Å². The van der Waals surface area contributed by atoms with Crippen molar-refractivity contribution in [3.05, 3.63) is 53.3 Å². The third kappa shape index (κ3) is 6.73. The Morgan fingerprint density at radius 1 is 1.19 bits per heavy atom. The van der Waals surface area contributed by atoms with Crippen LogP contribution in [0, 0.1) is 12.3 Å². The number of amides is 1. The molecule has 196 valence electrons. The average Bonchev–Trinajstić information content (AvgIpc) is 3.18. The van der Waals surface area contributed by atoms with E-state index in [2.05, 4.69) is 36.6 Å². The second-order valence-electron chi connectivity index (χ2n) is 11.7. The summed E-state index contributed by atoms with van der Waals surface area (Å²) < 4.78 is 19.8. The van der Waals surface area contributed by atoms with Crippen molar-refractivity contribution >= 4 is 25.2 Å². The van der Waals surface area contributed by atoms with Gasteiger partial charge in [0.2, 0.25) is 0 Å². The van der Waals surface area contributed by atoms with E-state index in [9.17, 15) is 4.79 Å². The van der Waals surface area contributed by atoms with Gasteiger partial charge in [0, 0.05) is 40.2 Å². The van der Waals surface area contributed by atoms with Crippen LogP contribution in [0.3, 0.4) is 0 Å². The molecule has 0 saturated carbocycles. The highest BCUT2D eigenvalue weighted by atomic mass is 28.3. The van der Waals surface area contributed by atoms with Crippen LogP contribution in [0.15, 0.2) is 36.7 Å². The van der Waals surface area contributed by atoms with Crippen LogP contribution in [0.2, 0.25) is 25.7 Å². The lowest BCUT2D eigenvalue weighted by Gasteiger charge is -2.31. The van der Waals surface area contributed by atoms with E-state index in [0.717, 1.165) is 29.1 Å². The number of ether oxygens (including phenoxy) is 3. The predicted molar refractivity (Wildman–Crippen MR) is 149 cm³/mol. The first-order valence-electron chi connectivity index (χ1n) is 12.7. The fourth-order valence-corrected chi connectivity index (χ4v) is 4.98. The quantitative estimate of drug-likeness (QED) is 0.205. The summed E-state index contributed by atoms with van der Waals surface area (Å²) in [6, 6.07) is 8.94. The van der Waals surface area contributed by atoms with Gasteiger partial charge in [-0.3, -0.25) is 0 Å². The summed E-state index contributed by atoms with van der Waals surface area (Å²) >= 11 is 0. The summed E-state index contributed by atoms with van der Waals surface area (Å²) in [7, 11) is -1.17. The van der Waals surface area contributed by atoms with Crippen LogP contribution >= 0.6 is 0 Å². The lowest BCUT2D eigenvalue weighted by atomic mass is 10.00. The predicted octanol–water partition coefficient (Wildman–Crippen LogP) is 6.42. The molecule has 0 spiro atoms. The Morgan fingerprint density at radius 3 is 2.68 bits per heavy atom. The Hall–Kier alpha value is -3.28. The number of hydrogen-bond acceptors (Lipinski definition) is 5. The number of hydrogen-bond donors (Lipinski definition) is 0. The van der Waals surface area contributed by atoms with Crippen molar-refractivity contribution in [1.29, 1.82) is 0 Å². The van der Waals surface area contributed by atoms with E-state index in [1.807, 2.05) is 49.7 Å². The van der Waals surface area contributed by atoms with Crippen LogP contribution in [0.25, 0.3) is 11.0 Å². The van der Waals surface area contributed by atoms with Crippen LogP contribution < -0.4 is 4.74 Å². The number of aromatic nitrogens is 2. The number of terminal acetylenes is 1. The number of fused-ring (bicyclic) bond motifs is 2. The van der Waals surface area contributed by atoms with Crippen molar-refractivity contribution in [2.45, 2.75) is 71.8 Å². The number of benzene rings is 1. The highest BCUT2D eigenvalue weighted by Crippen LogP contribution is 2.34. The standard InChI is InChI=1S/C29H37N3O4Si/c1-8-21-18-32(20-34-15-16-37(5,6)7)27-26(21)25(11-13-30-27)35-24-10-9-22-12-14-31(19-23(22)17-24)28(33)36-29(2,3)4/h1,9-11,13,17-18H,12,14-16,19-20H2,2-7H3. The van der Waals surface area contributed by atoms with Crippen molar-refractivity contribution in [2.75, 3.05) is 13.2 Å². The van der Waals surface area contributed by atoms with Crippen LogP contribution in [0.1, 0.15) is 37.5 Å². The van der Waals surface area contributed by atoms with E-state index in [4.69, 9.17) is 20.6 Å². The van der Waals surface area contributed by atoms with E-state index in [1.165, 1.54) is 5.56 Å². The van der Waals surface area contributed by atoms with Gasteiger partial charge in [0.25, 0.3) is 0 Å². The molecule has 1 aliphatic rings. The fourth-order valence-electron chi connectivity index (χ4n) is 4.23. The number of rotatable bonds is 7. The van der Waals surface area contributed by atoms with E-state index in [1.54, 1.807) is 11.1 Å². The first-order valence-corrected chi connectivity index (χ1v) is 16.4. The first kappa shape index (κ1) is 26.8. The molecular weight excluding hydrogens is 482 g/mol. The molecule has 0 bridgehead atoms. The minimum Gasteiger partial charge on any atom is -0.456 e. The maximum Gasteiger partial charge on any atom is 0.410 e. The molecule has 0 fully saturated rings. The van der Waals surface area contributed by atoms with Crippen molar-refractivity contribution in [2.24, 2.45) is 0 Å². The smallest absolute Gasteiger partial charge is 0.410 e. The Labute approximate surface area is 220 Å². The summed E-state index contributed by atoms with van der Waals surface area (Å²) in [6.45, 7) is 14.8. The van der Waals surface area contributed by atoms with Crippen LogP contribution in [-0.4, -0.2) is 47.4 Å². The zero-order chi connectivity index (χ0) is 26.8. The maximum atomic E-state index is 12.6. The Morgan fingerprint density at radius 2 is 1.97 bits per heavy atom. The van der Waals surface area contributed by atoms with E-state index in [-0.39, 0.29) is 6.09 Å². The van der Waals surface area contributed by atoms with Gasteiger partial charge in [0.05, 0.1) is 10.9 Å². The van der Waals surface area contributed by atoms with Gasteiger partial charge in [-0.15, -0.1) is 6.42 Å². The zero-order valence-electron chi connectivity index (χ0n) is 22.8. The van der Waals surface area contributed by atoms with E-state index >= 15 is 0 Å². The third-order valence-electron chi connectivity index (χ3n) is 6.17. The largest absolute Gasteiger partial charge is 0.456 e. The summed E-state index contributed by atoms with van der Waals surface area (Å²) in [5, 5.41) is 0.784. The highest BCUT2D eigenvalue weighted by Gasteiger charge is 2.26. The van der Waals surface area contributed by atoms with Crippen molar-refractivity contribution in [3.8, 4) is 23.8 Å². The molecule has 7 nitrogen and oxygen atoms in total. The lowest BCUT2D eigenvalue weighted by Crippen LogP contribution is -2.39. The average molecular weight is 520 g/mol. The molecule has 0 unspecified atom stereocenters. The van der Waals surface area contributed by atoms with Gasteiger partial charge in [0.15, 0.2) is 0 Å². The number of carbonyl (C=O) groups excluding carboxylic acids is 1. The molecule has 1 aliphatic heterocycles. The Kier molecular flexibility index (Phi) is 7.67. The first-order chi connectivity index (χ1) is 17.4. The van der Waals surface area contributed by atoms with Crippen molar-refractivity contribution in [1.82, 2.24) is 14.5 Å². The topological polar surface area (TPSA) is 65.8 Å². The van der Waals surface area contributed by atoms with Crippen molar-refractivity contribution in [3.63, 3.8) is 0 Å². The molecule has 2 aromatic heterocycles. The third-order valence-corrected chi connectivity index (χ3v) is 7.87. The van der Waals surface area contributed by atoms with Gasteiger partial charge in [0.1, 0.15) is 29.5 Å². The molecule has 1 aromatic carbocycles. The van der Waals surface area contributed by atoms with Gasteiger partial charge in [-0.1, -0.05) is 31.6 Å². The van der Waals surface area contributed by atoms with Crippen molar-refractivity contribution < 1.29 is 19.0 Å². The van der Waals surface area contributed by atoms with Crippen LogP contribution in [-0.2, 0) is 29.2 Å². The molecular formula is C29H37N3O4Si. The minimum absolute atomic E-state index is 0.299. The van der Waals surface area contributed by atoms with Gasteiger partial charge in [-0.05, 0) is 62.6 Å². The van der Waals surface area contributed by atoms with E-state index in [0.29, 0.717) is 43.5 Å². The molecule has 0 N–H and O–H groups in total.